The normalized spacial score (nSPS) is 11.7. The molecule has 0 fully saturated rings. The van der Waals surface area contributed by atoms with Crippen LogP contribution < -0.4 is 5.32 Å². The monoisotopic (exact) mass is 413 g/mol. The first-order chi connectivity index (χ1) is 13.9. The highest BCUT2D eigenvalue weighted by Crippen LogP contribution is 2.25. The van der Waals surface area contributed by atoms with Crippen LogP contribution in [0.2, 0.25) is 0 Å². The van der Waals surface area contributed by atoms with Crippen molar-refractivity contribution < 1.29 is 17.9 Å². The summed E-state index contributed by atoms with van der Waals surface area (Å²) < 4.78 is 33.0. The molecule has 1 heterocycles. The summed E-state index contributed by atoms with van der Waals surface area (Å²) in [5.41, 5.74) is 1.55. The summed E-state index contributed by atoms with van der Waals surface area (Å²) in [6, 6.07) is 14.0. The second-order valence-corrected chi connectivity index (χ2v) is 8.45. The summed E-state index contributed by atoms with van der Waals surface area (Å²) >= 11 is 0. The smallest absolute Gasteiger partial charge is 0.244 e. The van der Waals surface area contributed by atoms with Crippen LogP contribution in [0.1, 0.15) is 5.56 Å². The fourth-order valence-corrected chi connectivity index (χ4v) is 4.59. The molecule has 1 aromatic heterocycles. The molecule has 0 aliphatic carbocycles. The number of carbonyl (C=O) groups excluding carboxylic acids is 1. The highest BCUT2D eigenvalue weighted by molar-refractivity contribution is 7.89. The van der Waals surface area contributed by atoms with Gasteiger partial charge in [-0.1, -0.05) is 30.3 Å². The molecule has 0 saturated heterocycles. The molecule has 0 unspecified atom stereocenters. The first kappa shape index (κ1) is 20.9. The number of anilines is 1. The second kappa shape index (κ2) is 9.13. The van der Waals surface area contributed by atoms with E-state index in [0.29, 0.717) is 16.5 Å². The first-order valence-electron chi connectivity index (χ1n) is 9.11. The van der Waals surface area contributed by atoms with Crippen LogP contribution in [-0.4, -0.2) is 50.4 Å². The Morgan fingerprint density at radius 2 is 1.93 bits per heavy atom. The minimum atomic E-state index is -3.93. The Morgan fingerprint density at radius 1 is 1.14 bits per heavy atom. The van der Waals surface area contributed by atoms with E-state index >= 15 is 0 Å². The second-order valence-electron chi connectivity index (χ2n) is 6.55. The number of ether oxygens (including phenoxy) is 1. The summed E-state index contributed by atoms with van der Waals surface area (Å²) in [5.74, 6) is -0.416. The van der Waals surface area contributed by atoms with Gasteiger partial charge in [0.25, 0.3) is 0 Å². The summed E-state index contributed by atoms with van der Waals surface area (Å²) in [5, 5.41) is 4.05. The molecule has 3 aromatic rings. The molecule has 152 valence electrons. The van der Waals surface area contributed by atoms with E-state index in [1.807, 2.05) is 25.1 Å². The highest BCUT2D eigenvalue weighted by atomic mass is 32.2. The fraction of sp³-hybridized carbons (Fsp3) is 0.238. The van der Waals surface area contributed by atoms with Gasteiger partial charge in [-0.3, -0.25) is 9.78 Å². The number of fused-ring (bicyclic) bond motifs is 1. The van der Waals surface area contributed by atoms with Gasteiger partial charge in [0, 0.05) is 42.5 Å². The van der Waals surface area contributed by atoms with Gasteiger partial charge in [-0.15, -0.1) is 0 Å². The van der Waals surface area contributed by atoms with E-state index in [-0.39, 0.29) is 24.6 Å². The maximum absolute atomic E-state index is 13.4. The lowest BCUT2D eigenvalue weighted by Gasteiger charge is -2.22. The van der Waals surface area contributed by atoms with Gasteiger partial charge in [-0.2, -0.15) is 4.31 Å². The van der Waals surface area contributed by atoms with Crippen molar-refractivity contribution in [2.24, 2.45) is 0 Å². The molecule has 2 aromatic carbocycles. The zero-order valence-corrected chi connectivity index (χ0v) is 17.1. The lowest BCUT2D eigenvalue weighted by atomic mass is 10.2. The van der Waals surface area contributed by atoms with E-state index in [1.165, 1.54) is 13.2 Å². The molecule has 0 aliphatic heterocycles. The summed E-state index contributed by atoms with van der Waals surface area (Å²) in [6.07, 6.45) is 3.16. The Balaban J connectivity index is 1.90. The van der Waals surface area contributed by atoms with Crippen LogP contribution >= 0.6 is 0 Å². The van der Waals surface area contributed by atoms with Gasteiger partial charge in [0.05, 0.1) is 18.0 Å². The summed E-state index contributed by atoms with van der Waals surface area (Å²) in [7, 11) is -2.44. The van der Waals surface area contributed by atoms with Crippen molar-refractivity contribution in [2.75, 3.05) is 32.1 Å². The zero-order chi connectivity index (χ0) is 20.9. The third-order valence-electron chi connectivity index (χ3n) is 4.54. The minimum Gasteiger partial charge on any atom is -0.383 e. The predicted octanol–water partition coefficient (Wildman–Crippen LogP) is 2.82. The number of rotatable bonds is 8. The third-order valence-corrected chi connectivity index (χ3v) is 6.45. The van der Waals surface area contributed by atoms with E-state index in [1.54, 1.807) is 36.7 Å². The van der Waals surface area contributed by atoms with Gasteiger partial charge in [0.15, 0.2) is 0 Å². The van der Waals surface area contributed by atoms with Crippen molar-refractivity contribution in [1.82, 2.24) is 9.29 Å². The number of aryl methyl sites for hydroxylation is 1. The Labute approximate surface area is 170 Å². The summed E-state index contributed by atoms with van der Waals surface area (Å²) in [6.45, 7) is 1.78. The zero-order valence-electron chi connectivity index (χ0n) is 16.3. The molecular weight excluding hydrogens is 390 g/mol. The molecule has 0 atom stereocenters. The number of nitrogens with zero attached hydrogens (tertiary/aromatic N) is 2. The number of aromatic nitrogens is 1. The van der Waals surface area contributed by atoms with E-state index < -0.39 is 15.9 Å². The molecule has 0 aliphatic rings. The molecule has 0 saturated carbocycles. The third kappa shape index (κ3) is 4.79. The van der Waals surface area contributed by atoms with Crippen molar-refractivity contribution in [2.45, 2.75) is 11.8 Å². The molecule has 8 heteroatoms. The average molecular weight is 413 g/mol. The molecule has 0 spiro atoms. The first-order valence-corrected chi connectivity index (χ1v) is 10.5. The number of benzene rings is 2. The van der Waals surface area contributed by atoms with E-state index in [0.717, 1.165) is 9.87 Å². The van der Waals surface area contributed by atoms with Gasteiger partial charge >= 0.3 is 0 Å². The average Bonchev–Trinajstić information content (AvgIpc) is 2.72. The largest absolute Gasteiger partial charge is 0.383 e. The van der Waals surface area contributed by atoms with Crippen LogP contribution in [0.3, 0.4) is 0 Å². The van der Waals surface area contributed by atoms with Gasteiger partial charge in [-0.05, 0) is 30.7 Å². The van der Waals surface area contributed by atoms with Crippen molar-refractivity contribution in [1.29, 1.82) is 0 Å². The number of para-hydroxylation sites is 1. The highest BCUT2D eigenvalue weighted by Gasteiger charge is 2.28. The van der Waals surface area contributed by atoms with Crippen LogP contribution in [-0.2, 0) is 19.6 Å². The molecular formula is C21H23N3O4S. The number of methoxy groups -OCH3 is 1. The predicted molar refractivity (Wildman–Crippen MR) is 112 cm³/mol. The number of nitrogens with one attached hydrogen (secondary N) is 1. The van der Waals surface area contributed by atoms with E-state index in [4.69, 9.17) is 4.74 Å². The standard InChI is InChI=1S/C21H23N3O4S/c1-16-6-3-4-8-19(16)23-21(25)15-24(12-13-28-2)29(26,27)20-9-5-7-17-14-22-11-10-18(17)20/h3-11,14H,12-13,15H2,1-2H3,(H,23,25). The van der Waals surface area contributed by atoms with Crippen LogP contribution in [0.5, 0.6) is 0 Å². The Kier molecular flexibility index (Phi) is 6.58. The number of pyridine rings is 1. The van der Waals surface area contributed by atoms with Gasteiger partial charge in [-0.25, -0.2) is 8.42 Å². The number of amides is 1. The molecule has 1 amide bonds. The molecule has 3 rings (SSSR count). The molecule has 1 N–H and O–H groups in total. The van der Waals surface area contributed by atoms with E-state index in [9.17, 15) is 13.2 Å². The summed E-state index contributed by atoms with van der Waals surface area (Å²) in [4.78, 5) is 16.8. The number of hydrogen-bond acceptors (Lipinski definition) is 5. The van der Waals surface area contributed by atoms with Gasteiger partial charge in [0.2, 0.25) is 15.9 Å². The molecule has 0 radical (unpaired) electrons. The van der Waals surface area contributed by atoms with Crippen LogP contribution in [0.25, 0.3) is 10.8 Å². The number of carbonyl (C=O) groups is 1. The maximum atomic E-state index is 13.4. The lowest BCUT2D eigenvalue weighted by Crippen LogP contribution is -2.40. The van der Waals surface area contributed by atoms with Crippen molar-refractivity contribution in [3.63, 3.8) is 0 Å². The topological polar surface area (TPSA) is 88.6 Å². The Morgan fingerprint density at radius 3 is 2.69 bits per heavy atom. The minimum absolute atomic E-state index is 0.0570. The van der Waals surface area contributed by atoms with Crippen molar-refractivity contribution in [3.8, 4) is 0 Å². The number of hydrogen-bond donors (Lipinski definition) is 1. The van der Waals surface area contributed by atoms with Crippen LogP contribution in [0, 0.1) is 6.92 Å². The fourth-order valence-electron chi connectivity index (χ4n) is 3.00. The molecule has 7 nitrogen and oxygen atoms in total. The lowest BCUT2D eigenvalue weighted by molar-refractivity contribution is -0.116. The van der Waals surface area contributed by atoms with Gasteiger partial charge in [0.1, 0.15) is 0 Å². The van der Waals surface area contributed by atoms with Crippen LogP contribution in [0.15, 0.2) is 65.8 Å². The quantitative estimate of drug-likeness (QED) is 0.613. The SMILES string of the molecule is COCCN(CC(=O)Nc1ccccc1C)S(=O)(=O)c1cccc2cnccc12. The number of sulfonamides is 1. The van der Waals surface area contributed by atoms with Crippen molar-refractivity contribution in [3.05, 3.63) is 66.5 Å². The van der Waals surface area contributed by atoms with Gasteiger partial charge < -0.3 is 10.1 Å². The Bertz CT molecular complexity index is 1110. The van der Waals surface area contributed by atoms with Crippen LogP contribution in [0.4, 0.5) is 5.69 Å². The van der Waals surface area contributed by atoms with E-state index in [2.05, 4.69) is 10.3 Å². The maximum Gasteiger partial charge on any atom is 0.244 e. The molecule has 0 bridgehead atoms. The van der Waals surface area contributed by atoms with Crippen molar-refractivity contribution >= 4 is 32.4 Å². The molecule has 29 heavy (non-hydrogen) atoms. The Hall–Kier alpha value is -2.81.